The minimum absolute atomic E-state index is 0.0736. The molecule has 47 heavy (non-hydrogen) atoms. The van der Waals surface area contributed by atoms with Gasteiger partial charge in [-0.05, 0) is 69.5 Å². The van der Waals surface area contributed by atoms with Crippen molar-refractivity contribution in [2.75, 3.05) is 19.7 Å². The number of fused-ring (bicyclic) bond motifs is 2. The summed E-state index contributed by atoms with van der Waals surface area (Å²) in [6.07, 6.45) is 1.57. The lowest BCUT2D eigenvalue weighted by atomic mass is 9.88. The van der Waals surface area contributed by atoms with E-state index in [9.17, 15) is 13.2 Å². The Hall–Kier alpha value is -4.56. The van der Waals surface area contributed by atoms with Gasteiger partial charge in [-0.15, -0.1) is 0 Å². The third-order valence-corrected chi connectivity index (χ3v) is 9.29. The molecule has 3 aliphatic rings. The van der Waals surface area contributed by atoms with Crippen LogP contribution in [-0.2, 0) is 29.8 Å². The van der Waals surface area contributed by atoms with Crippen LogP contribution in [0.3, 0.4) is 0 Å². The van der Waals surface area contributed by atoms with E-state index in [1.165, 1.54) is 6.20 Å². The van der Waals surface area contributed by atoms with Crippen molar-refractivity contribution in [3.05, 3.63) is 77.3 Å². The van der Waals surface area contributed by atoms with Gasteiger partial charge in [-0.3, -0.25) is 15.0 Å². The van der Waals surface area contributed by atoms with E-state index >= 15 is 0 Å². The molecule has 14 heteroatoms. The van der Waals surface area contributed by atoms with Gasteiger partial charge in [-0.25, -0.2) is 15.0 Å². The Bertz CT molecular complexity index is 1930. The summed E-state index contributed by atoms with van der Waals surface area (Å²) in [6, 6.07) is 11.8. The number of halogens is 3. The first kappa shape index (κ1) is 29.8. The third kappa shape index (κ3) is 5.58. The number of H-pyrrole nitrogens is 1. The Labute approximate surface area is 268 Å². The molecule has 244 valence electrons. The van der Waals surface area contributed by atoms with E-state index in [0.29, 0.717) is 35.7 Å². The van der Waals surface area contributed by atoms with Gasteiger partial charge in [0.15, 0.2) is 23.0 Å². The van der Waals surface area contributed by atoms with Crippen LogP contribution in [0.15, 0.2) is 48.8 Å². The highest BCUT2D eigenvalue weighted by Crippen LogP contribution is 2.49. The van der Waals surface area contributed by atoms with Crippen LogP contribution in [-0.4, -0.2) is 65.4 Å². The number of rotatable bonds is 7. The molecule has 0 saturated carbocycles. The molecule has 1 aromatic carbocycles. The first-order valence-electron chi connectivity index (χ1n) is 15.8. The quantitative estimate of drug-likeness (QED) is 0.236. The topological polar surface area (TPSA) is 116 Å². The second kappa shape index (κ2) is 11.3. The monoisotopic (exact) mass is 646 g/mol. The fraction of sp³-hybridized carbons (Fsp3) is 0.424. The molecular weight excluding hydrogens is 613 g/mol. The van der Waals surface area contributed by atoms with Crippen LogP contribution in [0, 0.1) is 6.92 Å². The normalized spacial score (nSPS) is 21.8. The standard InChI is InChI=1S/C33H33F3N8O3/c1-19-6-7-22(16-37-19)32(2)46-26-5-3-4-24(28(26)47-32)20-8-11-43(12-9-20)18-27-39-25-14-21(29-40-31(42-41-29)33(34,35)36)15-38-30(25)44(27)17-23-10-13-45-23/h3-7,14-16,20,23H,8-13,17-18H2,1-2H3,(H,40,41,42)/t23-,32?/m0/s1. The lowest BCUT2D eigenvalue weighted by molar-refractivity contribution is -0.144. The fourth-order valence-corrected chi connectivity index (χ4v) is 6.57. The SMILES string of the molecule is Cc1ccc(C2(C)Oc3cccc(C4CCN(Cc5nc6cc(-c7n[nH]c(C(F)(F)F)n7)cnc6n5C[C@@H]5CCO5)CC4)c3O2)cn1. The minimum Gasteiger partial charge on any atom is -0.444 e. The van der Waals surface area contributed by atoms with Crippen molar-refractivity contribution in [1.82, 2.24) is 39.6 Å². The van der Waals surface area contributed by atoms with E-state index in [-0.39, 0.29) is 11.9 Å². The second-order valence-electron chi connectivity index (χ2n) is 12.6. The van der Waals surface area contributed by atoms with Crippen molar-refractivity contribution in [3.8, 4) is 22.9 Å². The van der Waals surface area contributed by atoms with E-state index in [1.807, 2.05) is 43.2 Å². The minimum atomic E-state index is -4.62. The predicted molar refractivity (Wildman–Crippen MR) is 164 cm³/mol. The summed E-state index contributed by atoms with van der Waals surface area (Å²) < 4.78 is 59.9. The average Bonchev–Trinajstić information content (AvgIpc) is 3.75. The lowest BCUT2D eigenvalue weighted by Crippen LogP contribution is -2.35. The zero-order valence-corrected chi connectivity index (χ0v) is 25.9. The maximum atomic E-state index is 13.1. The number of hydrogen-bond acceptors (Lipinski definition) is 9. The summed E-state index contributed by atoms with van der Waals surface area (Å²) in [6.45, 7) is 7.52. The Morgan fingerprint density at radius 2 is 1.85 bits per heavy atom. The van der Waals surface area contributed by atoms with Crippen molar-refractivity contribution in [2.24, 2.45) is 0 Å². The first-order chi connectivity index (χ1) is 22.6. The molecule has 2 saturated heterocycles. The molecule has 7 heterocycles. The maximum absolute atomic E-state index is 13.1. The fourth-order valence-electron chi connectivity index (χ4n) is 6.57. The van der Waals surface area contributed by atoms with Gasteiger partial charge in [0.1, 0.15) is 11.3 Å². The van der Waals surface area contributed by atoms with Crippen LogP contribution in [0.1, 0.15) is 60.6 Å². The third-order valence-electron chi connectivity index (χ3n) is 9.29. The van der Waals surface area contributed by atoms with Crippen molar-refractivity contribution in [2.45, 2.75) is 70.2 Å². The number of ether oxygens (including phenoxy) is 3. The largest absolute Gasteiger partial charge is 0.451 e. The predicted octanol–water partition coefficient (Wildman–Crippen LogP) is 5.75. The molecule has 1 N–H and O–H groups in total. The number of para-hydroxylation sites is 1. The van der Waals surface area contributed by atoms with Gasteiger partial charge in [0.2, 0.25) is 5.82 Å². The molecule has 2 fully saturated rings. The highest BCUT2D eigenvalue weighted by atomic mass is 19.4. The first-order valence-corrected chi connectivity index (χ1v) is 15.8. The zero-order chi connectivity index (χ0) is 32.3. The van der Waals surface area contributed by atoms with Gasteiger partial charge in [0.25, 0.3) is 5.79 Å². The Kier molecular flexibility index (Phi) is 7.17. The number of alkyl halides is 3. The molecule has 0 aliphatic carbocycles. The van der Waals surface area contributed by atoms with Crippen LogP contribution < -0.4 is 9.47 Å². The Balaban J connectivity index is 0.996. The molecule has 4 aromatic heterocycles. The number of aryl methyl sites for hydroxylation is 1. The van der Waals surface area contributed by atoms with Crippen molar-refractivity contribution in [3.63, 3.8) is 0 Å². The van der Waals surface area contributed by atoms with E-state index in [4.69, 9.17) is 19.2 Å². The van der Waals surface area contributed by atoms with E-state index in [0.717, 1.165) is 73.1 Å². The van der Waals surface area contributed by atoms with Crippen molar-refractivity contribution < 1.29 is 27.4 Å². The van der Waals surface area contributed by atoms with Crippen LogP contribution in [0.2, 0.25) is 0 Å². The average molecular weight is 647 g/mol. The number of nitrogens with one attached hydrogen (secondary N) is 1. The smallest absolute Gasteiger partial charge is 0.444 e. The van der Waals surface area contributed by atoms with Crippen LogP contribution in [0.25, 0.3) is 22.6 Å². The Morgan fingerprint density at radius 3 is 2.55 bits per heavy atom. The lowest BCUT2D eigenvalue weighted by Gasteiger charge is -2.33. The molecule has 0 bridgehead atoms. The van der Waals surface area contributed by atoms with E-state index in [1.54, 1.807) is 12.3 Å². The number of piperidine rings is 1. The van der Waals surface area contributed by atoms with Crippen LogP contribution >= 0.6 is 0 Å². The molecule has 8 rings (SSSR count). The number of hydrogen-bond donors (Lipinski definition) is 1. The summed E-state index contributed by atoms with van der Waals surface area (Å²) in [7, 11) is 0. The van der Waals surface area contributed by atoms with Gasteiger partial charge >= 0.3 is 6.18 Å². The number of aromatic nitrogens is 7. The number of nitrogens with zero attached hydrogens (tertiary/aromatic N) is 7. The van der Waals surface area contributed by atoms with Crippen LogP contribution in [0.5, 0.6) is 11.5 Å². The highest BCUT2D eigenvalue weighted by Gasteiger charge is 2.41. The molecule has 3 aliphatic heterocycles. The molecule has 2 atom stereocenters. The molecule has 1 unspecified atom stereocenters. The number of benzene rings is 1. The van der Waals surface area contributed by atoms with Crippen molar-refractivity contribution in [1.29, 1.82) is 0 Å². The molecular formula is C33H33F3N8O3. The van der Waals surface area contributed by atoms with E-state index in [2.05, 4.69) is 35.6 Å². The van der Waals surface area contributed by atoms with Gasteiger partial charge in [-0.2, -0.15) is 18.3 Å². The zero-order valence-electron chi connectivity index (χ0n) is 25.9. The van der Waals surface area contributed by atoms with Gasteiger partial charge in [-0.1, -0.05) is 12.1 Å². The Morgan fingerprint density at radius 1 is 1.02 bits per heavy atom. The van der Waals surface area contributed by atoms with Crippen molar-refractivity contribution >= 4 is 11.2 Å². The van der Waals surface area contributed by atoms with Crippen LogP contribution in [0.4, 0.5) is 13.2 Å². The number of imidazole rings is 1. The van der Waals surface area contributed by atoms with Gasteiger partial charge < -0.3 is 18.8 Å². The molecule has 5 aromatic rings. The number of likely N-dealkylation sites (tertiary alicyclic amines) is 1. The summed E-state index contributed by atoms with van der Waals surface area (Å²) in [5.74, 6) is 0.511. The molecule has 0 amide bonds. The second-order valence-corrected chi connectivity index (χ2v) is 12.6. The summed E-state index contributed by atoms with van der Waals surface area (Å²) in [4.78, 5) is 19.9. The highest BCUT2D eigenvalue weighted by molar-refractivity contribution is 5.77. The van der Waals surface area contributed by atoms with E-state index < -0.39 is 17.8 Å². The van der Waals surface area contributed by atoms with Gasteiger partial charge in [0, 0.05) is 42.7 Å². The summed E-state index contributed by atoms with van der Waals surface area (Å²) >= 11 is 0. The number of aromatic amines is 1. The maximum Gasteiger partial charge on any atom is 0.451 e. The molecule has 0 spiro atoms. The molecule has 0 radical (unpaired) electrons. The number of pyridine rings is 2. The summed E-state index contributed by atoms with van der Waals surface area (Å²) in [5, 5.41) is 5.72. The molecule has 11 nitrogen and oxygen atoms in total. The van der Waals surface area contributed by atoms with Gasteiger partial charge in [0.05, 0.1) is 24.8 Å². The summed E-state index contributed by atoms with van der Waals surface area (Å²) in [5.41, 5.74) is 4.54.